The van der Waals surface area contributed by atoms with Crippen molar-refractivity contribution in [3.8, 4) is 11.4 Å². The first kappa shape index (κ1) is 14.5. The van der Waals surface area contributed by atoms with Crippen LogP contribution in [0, 0.1) is 0 Å². The number of hydrogen-bond acceptors (Lipinski definition) is 4. The number of anilines is 1. The smallest absolute Gasteiger partial charge is 0.270 e. The molecule has 114 valence electrons. The van der Waals surface area contributed by atoms with Crippen LogP contribution >= 0.6 is 0 Å². The number of benzene rings is 1. The van der Waals surface area contributed by atoms with Crippen LogP contribution in [0.25, 0.3) is 11.4 Å². The summed E-state index contributed by atoms with van der Waals surface area (Å²) in [5.41, 5.74) is 2.15. The zero-order valence-corrected chi connectivity index (χ0v) is 13.1. The Hall–Kier alpha value is -2.43. The highest BCUT2D eigenvalue weighted by molar-refractivity contribution is 5.96. The zero-order valence-electron chi connectivity index (χ0n) is 13.1. The number of fused-ring (bicyclic) bond motifs is 1. The Bertz CT molecular complexity index is 705. The number of carbonyl (C=O) groups is 1. The maximum atomic E-state index is 12.2. The molecule has 1 aromatic heterocycles. The van der Waals surface area contributed by atoms with Crippen molar-refractivity contribution in [2.24, 2.45) is 0 Å². The van der Waals surface area contributed by atoms with Gasteiger partial charge >= 0.3 is 0 Å². The van der Waals surface area contributed by atoms with Crippen molar-refractivity contribution in [1.29, 1.82) is 0 Å². The van der Waals surface area contributed by atoms with Crippen LogP contribution in [0.5, 0.6) is 0 Å². The highest BCUT2D eigenvalue weighted by Crippen LogP contribution is 2.26. The summed E-state index contributed by atoms with van der Waals surface area (Å²) in [6.07, 6.45) is 0.745. The molecule has 2 heterocycles. The maximum Gasteiger partial charge on any atom is 0.270 e. The monoisotopic (exact) mass is 296 g/mol. The lowest BCUT2D eigenvalue weighted by atomic mass is 10.0. The summed E-state index contributed by atoms with van der Waals surface area (Å²) in [5.74, 6) is 1.20. The van der Waals surface area contributed by atoms with Gasteiger partial charge in [-0.15, -0.1) is 0 Å². The average molecular weight is 296 g/mol. The van der Waals surface area contributed by atoms with Crippen LogP contribution in [0.4, 0.5) is 5.82 Å². The number of nitrogens with one attached hydrogen (secondary N) is 2. The van der Waals surface area contributed by atoms with Gasteiger partial charge in [-0.2, -0.15) is 0 Å². The van der Waals surface area contributed by atoms with Gasteiger partial charge in [-0.1, -0.05) is 30.3 Å². The fraction of sp³-hybridized carbons (Fsp3) is 0.353. The van der Waals surface area contributed by atoms with E-state index in [-0.39, 0.29) is 11.4 Å². The van der Waals surface area contributed by atoms with Crippen molar-refractivity contribution in [2.75, 3.05) is 11.9 Å². The van der Waals surface area contributed by atoms with Crippen LogP contribution in [0.1, 0.15) is 36.8 Å². The minimum absolute atomic E-state index is 0.127. The molecule has 5 heteroatoms. The second-order valence-corrected chi connectivity index (χ2v) is 6.47. The largest absolute Gasteiger partial charge is 0.365 e. The molecule has 1 amide bonds. The van der Waals surface area contributed by atoms with E-state index >= 15 is 0 Å². The van der Waals surface area contributed by atoms with E-state index in [1.54, 1.807) is 0 Å². The van der Waals surface area contributed by atoms with E-state index in [0.29, 0.717) is 18.1 Å². The summed E-state index contributed by atoms with van der Waals surface area (Å²) in [7, 11) is 0. The normalized spacial score (nSPS) is 14.2. The molecule has 0 saturated carbocycles. The summed E-state index contributed by atoms with van der Waals surface area (Å²) >= 11 is 0. The Balaban J connectivity index is 2.15. The van der Waals surface area contributed by atoms with Gasteiger partial charge in [0.2, 0.25) is 0 Å². The second kappa shape index (κ2) is 5.40. The third-order valence-electron chi connectivity index (χ3n) is 3.41. The topological polar surface area (TPSA) is 66.9 Å². The molecule has 0 saturated heterocycles. The van der Waals surface area contributed by atoms with Crippen LogP contribution in [-0.4, -0.2) is 28.0 Å². The SMILES string of the molecule is CC(C)(C)Nc1nc(-c2ccccc2)nc2c1CCNC2=O. The number of carbonyl (C=O) groups excluding carboxylic acids is 1. The Labute approximate surface area is 130 Å². The van der Waals surface area contributed by atoms with E-state index in [1.807, 2.05) is 30.3 Å². The number of amides is 1. The molecular formula is C17H20N4O. The number of nitrogens with zero attached hydrogens (tertiary/aromatic N) is 2. The number of rotatable bonds is 2. The van der Waals surface area contributed by atoms with Gasteiger partial charge in [0, 0.05) is 23.2 Å². The average Bonchev–Trinajstić information content (AvgIpc) is 2.47. The highest BCUT2D eigenvalue weighted by atomic mass is 16.1. The minimum atomic E-state index is -0.135. The van der Waals surface area contributed by atoms with Crippen molar-refractivity contribution in [1.82, 2.24) is 15.3 Å². The molecule has 2 N–H and O–H groups in total. The lowest BCUT2D eigenvalue weighted by Crippen LogP contribution is -2.35. The highest BCUT2D eigenvalue weighted by Gasteiger charge is 2.25. The predicted octanol–water partition coefficient (Wildman–Crippen LogP) is 2.64. The molecule has 3 rings (SSSR count). The molecule has 0 aliphatic carbocycles. The second-order valence-electron chi connectivity index (χ2n) is 6.47. The third-order valence-corrected chi connectivity index (χ3v) is 3.41. The van der Waals surface area contributed by atoms with Crippen LogP contribution in [0.3, 0.4) is 0 Å². The first-order valence-electron chi connectivity index (χ1n) is 7.47. The standard InChI is InChI=1S/C17H20N4O/c1-17(2,3)21-15-12-9-10-18-16(22)13(12)19-14(20-15)11-7-5-4-6-8-11/h4-8H,9-10H2,1-3H3,(H,18,22)(H,19,20,21). The fourth-order valence-electron chi connectivity index (χ4n) is 2.47. The van der Waals surface area contributed by atoms with E-state index in [0.717, 1.165) is 23.4 Å². The molecule has 1 aliphatic heterocycles. The molecule has 5 nitrogen and oxygen atoms in total. The van der Waals surface area contributed by atoms with Gasteiger partial charge in [0.05, 0.1) is 0 Å². The lowest BCUT2D eigenvalue weighted by molar-refractivity contribution is 0.0940. The molecular weight excluding hydrogens is 276 g/mol. The van der Waals surface area contributed by atoms with Crippen LogP contribution in [0.15, 0.2) is 30.3 Å². The van der Waals surface area contributed by atoms with Gasteiger partial charge < -0.3 is 10.6 Å². The molecule has 0 fully saturated rings. The summed E-state index contributed by atoms with van der Waals surface area (Å²) in [6, 6.07) is 9.72. The predicted molar refractivity (Wildman–Crippen MR) is 86.9 cm³/mol. The number of aromatic nitrogens is 2. The Morgan fingerprint density at radius 3 is 2.55 bits per heavy atom. The van der Waals surface area contributed by atoms with Crippen molar-refractivity contribution < 1.29 is 4.79 Å². The summed E-state index contributed by atoms with van der Waals surface area (Å²) in [6.45, 7) is 6.85. The molecule has 2 aromatic rings. The van der Waals surface area contributed by atoms with E-state index in [1.165, 1.54) is 0 Å². The Kier molecular flexibility index (Phi) is 3.56. The van der Waals surface area contributed by atoms with Crippen LogP contribution in [-0.2, 0) is 6.42 Å². The summed E-state index contributed by atoms with van der Waals surface area (Å²) in [4.78, 5) is 21.3. The molecule has 0 spiro atoms. The maximum absolute atomic E-state index is 12.2. The van der Waals surface area contributed by atoms with Crippen LogP contribution < -0.4 is 10.6 Å². The van der Waals surface area contributed by atoms with Crippen LogP contribution in [0.2, 0.25) is 0 Å². The van der Waals surface area contributed by atoms with E-state index < -0.39 is 0 Å². The number of hydrogen-bond donors (Lipinski definition) is 2. The quantitative estimate of drug-likeness (QED) is 0.894. The third kappa shape index (κ3) is 2.93. The van der Waals surface area contributed by atoms with Gasteiger partial charge in [-0.25, -0.2) is 9.97 Å². The lowest BCUT2D eigenvalue weighted by Gasteiger charge is -2.26. The van der Waals surface area contributed by atoms with Gasteiger partial charge in [0.25, 0.3) is 5.91 Å². The molecule has 1 aliphatic rings. The van der Waals surface area contributed by atoms with E-state index in [2.05, 4.69) is 41.4 Å². The van der Waals surface area contributed by atoms with Crippen molar-refractivity contribution >= 4 is 11.7 Å². The van der Waals surface area contributed by atoms with E-state index in [9.17, 15) is 4.79 Å². The Morgan fingerprint density at radius 1 is 1.14 bits per heavy atom. The Morgan fingerprint density at radius 2 is 1.86 bits per heavy atom. The van der Waals surface area contributed by atoms with Gasteiger partial charge in [0.1, 0.15) is 11.5 Å². The van der Waals surface area contributed by atoms with Gasteiger partial charge in [0.15, 0.2) is 5.82 Å². The summed E-state index contributed by atoms with van der Waals surface area (Å²) in [5, 5.41) is 6.26. The van der Waals surface area contributed by atoms with Crippen molar-refractivity contribution in [2.45, 2.75) is 32.7 Å². The first-order chi connectivity index (χ1) is 10.4. The van der Waals surface area contributed by atoms with Crippen molar-refractivity contribution in [3.63, 3.8) is 0 Å². The minimum Gasteiger partial charge on any atom is -0.365 e. The fourth-order valence-corrected chi connectivity index (χ4v) is 2.47. The molecule has 0 unspecified atom stereocenters. The molecule has 1 aromatic carbocycles. The first-order valence-corrected chi connectivity index (χ1v) is 7.47. The van der Waals surface area contributed by atoms with Gasteiger partial charge in [-0.3, -0.25) is 4.79 Å². The van der Waals surface area contributed by atoms with Crippen molar-refractivity contribution in [3.05, 3.63) is 41.6 Å². The zero-order chi connectivity index (χ0) is 15.7. The van der Waals surface area contributed by atoms with Gasteiger partial charge in [-0.05, 0) is 27.2 Å². The molecule has 22 heavy (non-hydrogen) atoms. The molecule has 0 bridgehead atoms. The molecule has 0 atom stereocenters. The summed E-state index contributed by atoms with van der Waals surface area (Å²) < 4.78 is 0. The van der Waals surface area contributed by atoms with E-state index in [4.69, 9.17) is 0 Å². The molecule has 0 radical (unpaired) electrons.